The lowest BCUT2D eigenvalue weighted by Gasteiger charge is -2.23. The number of aromatic amines is 1. The van der Waals surface area contributed by atoms with Gasteiger partial charge in [0, 0.05) is 17.8 Å². The minimum atomic E-state index is -1.83. The van der Waals surface area contributed by atoms with Gasteiger partial charge in [0.15, 0.2) is 5.88 Å². The van der Waals surface area contributed by atoms with Gasteiger partial charge >= 0.3 is 5.97 Å². The third-order valence-corrected chi connectivity index (χ3v) is 4.88. The first-order valence-corrected chi connectivity index (χ1v) is 9.33. The number of fused-ring (bicyclic) bond motifs is 1. The van der Waals surface area contributed by atoms with Gasteiger partial charge < -0.3 is 25.3 Å². The molecule has 3 N–H and O–H groups in total. The van der Waals surface area contributed by atoms with Crippen molar-refractivity contribution in [3.05, 3.63) is 85.3 Å². The average molecular weight is 439 g/mol. The molecule has 0 aliphatic carbocycles. The van der Waals surface area contributed by atoms with Crippen LogP contribution in [-0.2, 0) is 9.53 Å². The van der Waals surface area contributed by atoms with Gasteiger partial charge in [-0.05, 0) is 55.0 Å². The summed E-state index contributed by atoms with van der Waals surface area (Å²) in [6.07, 6.45) is 0. The van der Waals surface area contributed by atoms with Crippen LogP contribution in [0.3, 0.4) is 0 Å². The molecule has 11 nitrogen and oxygen atoms in total. The van der Waals surface area contributed by atoms with Gasteiger partial charge in [-0.2, -0.15) is 0 Å². The molecular formula is C21H19N4O7-. The van der Waals surface area contributed by atoms with Crippen molar-refractivity contribution in [2.45, 2.75) is 19.8 Å². The van der Waals surface area contributed by atoms with Crippen LogP contribution in [0.5, 0.6) is 0 Å². The van der Waals surface area contributed by atoms with Gasteiger partial charge in [-0.25, -0.2) is 4.98 Å². The van der Waals surface area contributed by atoms with Crippen LogP contribution in [0.15, 0.2) is 52.8 Å². The molecule has 0 aliphatic heterocycles. The van der Waals surface area contributed by atoms with E-state index < -0.39 is 39.7 Å². The summed E-state index contributed by atoms with van der Waals surface area (Å²) in [6, 6.07) is 8.27. The number of esters is 1. The Morgan fingerprint density at radius 2 is 1.84 bits per heavy atom. The van der Waals surface area contributed by atoms with Crippen molar-refractivity contribution < 1.29 is 24.7 Å². The molecule has 0 fully saturated rings. The molecule has 0 saturated heterocycles. The highest BCUT2D eigenvalue weighted by Crippen LogP contribution is 2.24. The largest absolute Gasteiger partial charge is 0.871 e. The van der Waals surface area contributed by atoms with Crippen molar-refractivity contribution in [1.29, 1.82) is 0 Å². The zero-order valence-electron chi connectivity index (χ0n) is 17.3. The lowest BCUT2D eigenvalue weighted by molar-refractivity contribution is -0.384. The molecule has 166 valence electrons. The summed E-state index contributed by atoms with van der Waals surface area (Å²) in [5.41, 5.74) is 1.33. The fraction of sp³-hybridized carbons (Fsp3) is 0.190. The highest BCUT2D eigenvalue weighted by molar-refractivity contribution is 5.82. The second kappa shape index (κ2) is 8.76. The molecule has 0 aliphatic rings. The van der Waals surface area contributed by atoms with Crippen LogP contribution in [-0.4, -0.2) is 33.1 Å². The number of aromatic nitrogens is 2. The summed E-state index contributed by atoms with van der Waals surface area (Å²) in [5.74, 6) is -5.04. The number of anilines is 1. The van der Waals surface area contributed by atoms with Crippen LogP contribution in [0.4, 0.5) is 11.4 Å². The van der Waals surface area contributed by atoms with Gasteiger partial charge in [0.1, 0.15) is 11.6 Å². The highest BCUT2D eigenvalue weighted by atomic mass is 16.6. The van der Waals surface area contributed by atoms with Crippen molar-refractivity contribution in [1.82, 2.24) is 9.97 Å². The molecule has 32 heavy (non-hydrogen) atoms. The summed E-state index contributed by atoms with van der Waals surface area (Å²) < 4.78 is 4.66. The van der Waals surface area contributed by atoms with Crippen LogP contribution in [0, 0.1) is 24.0 Å². The van der Waals surface area contributed by atoms with Crippen LogP contribution in [0.2, 0.25) is 0 Å². The standard InChI is InChI=1S/C21H20N4O7/c1-10-8-14-15(9-11(10)2)24-19(27)17(23-14)16(21(29)32-3)18(26)20(28)22-12-4-6-13(7-5-12)25(30)31/h4-9,16,22,26,28H,1-3H3,(H,24,27)/p-1. The molecule has 11 heteroatoms. The number of rotatable bonds is 6. The Balaban J connectivity index is 2.06. The molecule has 1 aromatic heterocycles. The molecule has 0 radical (unpaired) electrons. The van der Waals surface area contributed by atoms with Crippen LogP contribution < -0.4 is 16.0 Å². The lowest BCUT2D eigenvalue weighted by Crippen LogP contribution is -2.32. The molecular weight excluding hydrogens is 420 g/mol. The maximum absolute atomic E-state index is 12.9. The molecule has 3 rings (SSSR count). The summed E-state index contributed by atoms with van der Waals surface area (Å²) in [5, 5.41) is 36.3. The third kappa shape index (κ3) is 4.36. The predicted molar refractivity (Wildman–Crippen MR) is 113 cm³/mol. The minimum Gasteiger partial charge on any atom is -0.871 e. The van der Waals surface area contributed by atoms with E-state index in [-0.39, 0.29) is 11.4 Å². The van der Waals surface area contributed by atoms with E-state index in [1.165, 1.54) is 12.1 Å². The molecule has 1 atom stereocenters. The van der Waals surface area contributed by atoms with Crippen LogP contribution in [0.1, 0.15) is 22.7 Å². The summed E-state index contributed by atoms with van der Waals surface area (Å²) in [6.45, 7) is 3.70. The number of carbonyl (C=O) groups is 1. The molecule has 0 amide bonds. The Bertz CT molecular complexity index is 1300. The number of benzene rings is 2. The van der Waals surface area contributed by atoms with Gasteiger partial charge in [-0.15, -0.1) is 0 Å². The van der Waals surface area contributed by atoms with Gasteiger partial charge in [0.25, 0.3) is 11.2 Å². The fourth-order valence-electron chi connectivity index (χ4n) is 3.02. The van der Waals surface area contributed by atoms with E-state index in [1.54, 1.807) is 12.1 Å². The number of ether oxygens (including phenoxy) is 1. The van der Waals surface area contributed by atoms with Gasteiger partial charge in [0.05, 0.1) is 23.1 Å². The number of aliphatic hydroxyl groups excluding tert-OH is 1. The monoisotopic (exact) mass is 439 g/mol. The van der Waals surface area contributed by atoms with Crippen molar-refractivity contribution >= 4 is 28.4 Å². The Labute approximate surface area is 181 Å². The molecule has 1 heterocycles. The number of nitrogens with one attached hydrogen (secondary N) is 2. The Morgan fingerprint density at radius 1 is 1.22 bits per heavy atom. The maximum Gasteiger partial charge on any atom is 0.318 e. The van der Waals surface area contributed by atoms with Crippen LogP contribution in [0.25, 0.3) is 11.0 Å². The second-order valence-electron chi connectivity index (χ2n) is 7.00. The molecule has 0 bridgehead atoms. The maximum atomic E-state index is 12.9. The zero-order chi connectivity index (χ0) is 23.6. The number of nitrogens with zero attached hydrogens (tertiary/aromatic N) is 2. The van der Waals surface area contributed by atoms with E-state index in [9.17, 15) is 29.9 Å². The number of non-ortho nitro benzene ring substituents is 1. The quantitative estimate of drug-likeness (QED) is 0.224. The fourth-order valence-corrected chi connectivity index (χ4v) is 3.02. The van der Waals surface area contributed by atoms with E-state index in [0.717, 1.165) is 30.4 Å². The van der Waals surface area contributed by atoms with E-state index >= 15 is 0 Å². The number of H-pyrrole nitrogens is 1. The van der Waals surface area contributed by atoms with Crippen molar-refractivity contribution in [3.63, 3.8) is 0 Å². The number of hydrogen-bond acceptors (Lipinski definition) is 9. The van der Waals surface area contributed by atoms with E-state index in [0.29, 0.717) is 11.0 Å². The molecule has 2 aromatic carbocycles. The lowest BCUT2D eigenvalue weighted by atomic mass is 10.0. The second-order valence-corrected chi connectivity index (χ2v) is 7.00. The first-order chi connectivity index (χ1) is 15.1. The van der Waals surface area contributed by atoms with Crippen molar-refractivity contribution in [3.8, 4) is 0 Å². The Kier molecular flexibility index (Phi) is 6.10. The van der Waals surface area contributed by atoms with Crippen molar-refractivity contribution in [2.75, 3.05) is 12.4 Å². The first-order valence-electron chi connectivity index (χ1n) is 9.33. The number of aryl methyl sites for hydroxylation is 2. The summed E-state index contributed by atoms with van der Waals surface area (Å²) in [4.78, 5) is 41.9. The first kappa shape index (κ1) is 22.3. The number of carbonyl (C=O) groups excluding carboxylic acids is 1. The van der Waals surface area contributed by atoms with Gasteiger partial charge in [0.2, 0.25) is 0 Å². The summed E-state index contributed by atoms with van der Waals surface area (Å²) >= 11 is 0. The number of nitro groups is 1. The smallest absolute Gasteiger partial charge is 0.318 e. The number of nitro benzene ring substituents is 1. The number of hydrogen-bond donors (Lipinski definition) is 3. The Morgan fingerprint density at radius 3 is 2.44 bits per heavy atom. The summed E-state index contributed by atoms with van der Waals surface area (Å²) in [7, 11) is 1.03. The number of methoxy groups -OCH3 is 1. The zero-order valence-corrected chi connectivity index (χ0v) is 17.3. The molecule has 0 spiro atoms. The Hall–Kier alpha value is -4.41. The molecule has 1 unspecified atom stereocenters. The number of aliphatic hydroxyl groups is 1. The minimum absolute atomic E-state index is 0.150. The predicted octanol–water partition coefficient (Wildman–Crippen LogP) is 1.90. The third-order valence-electron chi connectivity index (χ3n) is 4.88. The average Bonchev–Trinajstić information content (AvgIpc) is 2.75. The van der Waals surface area contributed by atoms with Crippen molar-refractivity contribution in [2.24, 2.45) is 0 Å². The van der Waals surface area contributed by atoms with E-state index in [1.807, 2.05) is 13.8 Å². The van der Waals surface area contributed by atoms with Gasteiger partial charge in [-0.3, -0.25) is 19.7 Å². The van der Waals surface area contributed by atoms with E-state index in [2.05, 4.69) is 20.0 Å². The van der Waals surface area contributed by atoms with Crippen LogP contribution >= 0.6 is 0 Å². The van der Waals surface area contributed by atoms with Gasteiger partial charge in [-0.1, -0.05) is 0 Å². The highest BCUT2D eigenvalue weighted by Gasteiger charge is 2.28. The topological polar surface area (TPSA) is 171 Å². The SMILES string of the molecule is COC(=O)C(C([O-])=C(O)Nc1ccc([N+](=O)[O-])cc1)c1nc2cc(C)c(C)cc2[nH]c1=O. The molecule has 0 saturated carbocycles. The van der Waals surface area contributed by atoms with E-state index in [4.69, 9.17) is 0 Å². The normalized spacial score (nSPS) is 12.7. The molecule has 3 aromatic rings.